The maximum Gasteiger partial charge on any atom is 0.169 e. The fourth-order valence-electron chi connectivity index (χ4n) is 2.88. The first-order valence-corrected chi connectivity index (χ1v) is 9.30. The van der Waals surface area contributed by atoms with Crippen LogP contribution in [-0.4, -0.2) is 48.4 Å². The number of nitrogens with one attached hydrogen (secondary N) is 2. The van der Waals surface area contributed by atoms with Gasteiger partial charge in [0.25, 0.3) is 0 Å². The molecule has 0 saturated heterocycles. The summed E-state index contributed by atoms with van der Waals surface area (Å²) < 4.78 is 12.0. The quantitative estimate of drug-likeness (QED) is 0.602. The van der Waals surface area contributed by atoms with Crippen LogP contribution < -0.4 is 14.8 Å². The third-order valence-electron chi connectivity index (χ3n) is 4.22. The Balaban J connectivity index is 1.81. The predicted molar refractivity (Wildman–Crippen MR) is 109 cm³/mol. The standard InChI is InChI=1S/C21H28N4O2/c1-15(2)26-20-7-5-6-8-21(20)27-16-9-10-18-17(13-16)19(24-23-18)14-25(4)12-11-22-3/h5-10,13,15,22H,11-12,14H2,1-4H3,(H,23,24). The van der Waals surface area contributed by atoms with Gasteiger partial charge in [-0.05, 0) is 58.3 Å². The SMILES string of the molecule is CNCCN(C)Cc1n[nH]c2ccc(Oc3ccccc3OC(C)C)cc12. The molecule has 1 aromatic heterocycles. The van der Waals surface area contributed by atoms with Gasteiger partial charge in [-0.3, -0.25) is 10.00 Å². The number of rotatable bonds is 9. The van der Waals surface area contributed by atoms with Gasteiger partial charge in [0.05, 0.1) is 17.3 Å². The molecule has 1 heterocycles. The van der Waals surface area contributed by atoms with Crippen LogP contribution in [-0.2, 0) is 6.54 Å². The monoisotopic (exact) mass is 368 g/mol. The van der Waals surface area contributed by atoms with Crippen molar-refractivity contribution in [3.05, 3.63) is 48.2 Å². The zero-order chi connectivity index (χ0) is 19.2. The molecule has 27 heavy (non-hydrogen) atoms. The molecule has 2 N–H and O–H groups in total. The van der Waals surface area contributed by atoms with Crippen LogP contribution in [0.15, 0.2) is 42.5 Å². The first-order valence-electron chi connectivity index (χ1n) is 9.30. The highest BCUT2D eigenvalue weighted by atomic mass is 16.5. The minimum absolute atomic E-state index is 0.0888. The number of hydrogen-bond donors (Lipinski definition) is 2. The third kappa shape index (κ3) is 4.99. The van der Waals surface area contributed by atoms with E-state index in [1.54, 1.807) is 0 Å². The van der Waals surface area contributed by atoms with Crippen molar-refractivity contribution < 1.29 is 9.47 Å². The summed E-state index contributed by atoms with van der Waals surface area (Å²) in [4.78, 5) is 2.24. The Bertz CT molecular complexity index is 875. The molecule has 3 aromatic rings. The third-order valence-corrected chi connectivity index (χ3v) is 4.22. The summed E-state index contributed by atoms with van der Waals surface area (Å²) in [6.07, 6.45) is 0.0888. The molecule has 6 nitrogen and oxygen atoms in total. The van der Waals surface area contributed by atoms with Crippen molar-refractivity contribution in [3.8, 4) is 17.2 Å². The Morgan fingerprint density at radius 1 is 1.15 bits per heavy atom. The number of H-pyrrole nitrogens is 1. The second kappa shape index (κ2) is 8.88. The molecule has 0 aliphatic rings. The molecule has 0 saturated carbocycles. The summed E-state index contributed by atoms with van der Waals surface area (Å²) in [7, 11) is 4.06. The number of ether oxygens (including phenoxy) is 2. The molecule has 3 rings (SSSR count). The first-order chi connectivity index (χ1) is 13.1. The molecule has 6 heteroatoms. The van der Waals surface area contributed by atoms with Crippen molar-refractivity contribution in [1.82, 2.24) is 20.4 Å². The van der Waals surface area contributed by atoms with E-state index in [0.29, 0.717) is 5.75 Å². The van der Waals surface area contributed by atoms with Crippen molar-refractivity contribution in [1.29, 1.82) is 0 Å². The topological polar surface area (TPSA) is 62.4 Å². The Morgan fingerprint density at radius 3 is 2.67 bits per heavy atom. The zero-order valence-corrected chi connectivity index (χ0v) is 16.5. The number of benzene rings is 2. The van der Waals surface area contributed by atoms with Gasteiger partial charge < -0.3 is 14.8 Å². The number of nitrogens with zero attached hydrogens (tertiary/aromatic N) is 2. The summed E-state index contributed by atoms with van der Waals surface area (Å²) >= 11 is 0. The number of aromatic amines is 1. The highest BCUT2D eigenvalue weighted by Crippen LogP contribution is 2.33. The zero-order valence-electron chi connectivity index (χ0n) is 16.5. The molecular weight excluding hydrogens is 340 g/mol. The van der Waals surface area contributed by atoms with Gasteiger partial charge in [-0.15, -0.1) is 0 Å². The maximum absolute atomic E-state index is 6.12. The minimum atomic E-state index is 0.0888. The van der Waals surface area contributed by atoms with E-state index in [2.05, 4.69) is 27.5 Å². The van der Waals surface area contributed by atoms with Crippen LogP contribution in [0.25, 0.3) is 10.9 Å². The normalized spacial score (nSPS) is 11.5. The smallest absolute Gasteiger partial charge is 0.169 e. The van der Waals surface area contributed by atoms with Crippen molar-refractivity contribution >= 4 is 10.9 Å². The van der Waals surface area contributed by atoms with E-state index in [0.717, 1.165) is 47.7 Å². The van der Waals surface area contributed by atoms with Crippen molar-refractivity contribution in [2.24, 2.45) is 0 Å². The molecule has 0 amide bonds. The molecular formula is C21H28N4O2. The molecule has 0 bridgehead atoms. The Morgan fingerprint density at radius 2 is 1.93 bits per heavy atom. The second-order valence-electron chi connectivity index (χ2n) is 6.93. The van der Waals surface area contributed by atoms with Crippen molar-refractivity contribution in [3.63, 3.8) is 0 Å². The number of para-hydroxylation sites is 2. The molecule has 0 fully saturated rings. The molecule has 0 unspecified atom stereocenters. The molecule has 0 spiro atoms. The Hall–Kier alpha value is -2.57. The number of aromatic nitrogens is 2. The Labute approximate surface area is 160 Å². The van der Waals surface area contributed by atoms with E-state index >= 15 is 0 Å². The molecule has 0 radical (unpaired) electrons. The van der Waals surface area contributed by atoms with Crippen LogP contribution in [0.5, 0.6) is 17.2 Å². The molecule has 2 aromatic carbocycles. The van der Waals surface area contributed by atoms with Gasteiger partial charge in [-0.1, -0.05) is 12.1 Å². The Kier molecular flexibility index (Phi) is 6.32. The summed E-state index contributed by atoms with van der Waals surface area (Å²) in [5.41, 5.74) is 2.02. The van der Waals surface area contributed by atoms with Gasteiger partial charge >= 0.3 is 0 Å². The maximum atomic E-state index is 6.12. The summed E-state index contributed by atoms with van der Waals surface area (Å²) in [5.74, 6) is 2.22. The van der Waals surface area contributed by atoms with Crippen LogP contribution >= 0.6 is 0 Å². The second-order valence-corrected chi connectivity index (χ2v) is 6.93. The average molecular weight is 368 g/mol. The number of likely N-dealkylation sites (N-methyl/N-ethyl adjacent to an activating group) is 2. The minimum Gasteiger partial charge on any atom is -0.487 e. The molecule has 0 atom stereocenters. The predicted octanol–water partition coefficient (Wildman–Crippen LogP) is 3.79. The van der Waals surface area contributed by atoms with Gasteiger partial charge in [0.15, 0.2) is 11.5 Å². The summed E-state index contributed by atoms with van der Waals surface area (Å²) in [5, 5.41) is 11.8. The fourth-order valence-corrected chi connectivity index (χ4v) is 2.88. The van der Waals surface area contributed by atoms with Crippen molar-refractivity contribution in [2.75, 3.05) is 27.2 Å². The lowest BCUT2D eigenvalue weighted by molar-refractivity contribution is 0.233. The van der Waals surface area contributed by atoms with E-state index in [9.17, 15) is 0 Å². The van der Waals surface area contributed by atoms with Gasteiger partial charge in [0.2, 0.25) is 0 Å². The van der Waals surface area contributed by atoms with E-state index in [-0.39, 0.29) is 6.10 Å². The van der Waals surface area contributed by atoms with E-state index < -0.39 is 0 Å². The molecule has 144 valence electrons. The average Bonchev–Trinajstić information content (AvgIpc) is 3.03. The largest absolute Gasteiger partial charge is 0.487 e. The first kappa shape index (κ1) is 19.2. The van der Waals surface area contributed by atoms with Crippen LogP contribution in [0.3, 0.4) is 0 Å². The van der Waals surface area contributed by atoms with Crippen LogP contribution in [0.2, 0.25) is 0 Å². The lowest BCUT2D eigenvalue weighted by Crippen LogP contribution is -2.27. The summed E-state index contributed by atoms with van der Waals surface area (Å²) in [6, 6.07) is 13.7. The van der Waals surface area contributed by atoms with Gasteiger partial charge in [0, 0.05) is 25.0 Å². The van der Waals surface area contributed by atoms with Gasteiger partial charge in [-0.2, -0.15) is 5.10 Å². The van der Waals surface area contributed by atoms with E-state index in [4.69, 9.17) is 9.47 Å². The van der Waals surface area contributed by atoms with Crippen LogP contribution in [0.4, 0.5) is 0 Å². The van der Waals surface area contributed by atoms with Gasteiger partial charge in [-0.25, -0.2) is 0 Å². The number of hydrogen-bond acceptors (Lipinski definition) is 5. The molecule has 0 aliphatic heterocycles. The fraction of sp³-hybridized carbons (Fsp3) is 0.381. The lowest BCUT2D eigenvalue weighted by Gasteiger charge is -2.15. The highest BCUT2D eigenvalue weighted by Gasteiger charge is 2.12. The van der Waals surface area contributed by atoms with E-state index in [1.807, 2.05) is 63.4 Å². The molecule has 0 aliphatic carbocycles. The number of fused-ring (bicyclic) bond motifs is 1. The summed E-state index contributed by atoms with van der Waals surface area (Å²) in [6.45, 7) is 6.69. The lowest BCUT2D eigenvalue weighted by atomic mass is 10.2. The van der Waals surface area contributed by atoms with Crippen LogP contribution in [0, 0.1) is 0 Å². The highest BCUT2D eigenvalue weighted by molar-refractivity contribution is 5.82. The van der Waals surface area contributed by atoms with Crippen LogP contribution in [0.1, 0.15) is 19.5 Å². The van der Waals surface area contributed by atoms with Crippen molar-refractivity contribution in [2.45, 2.75) is 26.5 Å². The van der Waals surface area contributed by atoms with E-state index in [1.165, 1.54) is 0 Å². The van der Waals surface area contributed by atoms with Gasteiger partial charge in [0.1, 0.15) is 5.75 Å².